The average Bonchev–Trinajstić information content (AvgIpc) is 3.07. The molecule has 1 aliphatic carbocycles. The molecule has 26 heavy (non-hydrogen) atoms. The predicted molar refractivity (Wildman–Crippen MR) is 102 cm³/mol. The molecule has 1 aromatic carbocycles. The molecule has 0 fully saturated rings. The lowest BCUT2D eigenvalue weighted by atomic mass is 9.69. The number of esters is 1. The van der Waals surface area contributed by atoms with Gasteiger partial charge in [0.1, 0.15) is 5.25 Å². The Hall–Kier alpha value is -2.08. The summed E-state index contributed by atoms with van der Waals surface area (Å²) < 4.78 is 6.80. The fraction of sp³-hybridized carbons (Fsp3) is 0.450. The van der Waals surface area contributed by atoms with Crippen LogP contribution in [0.5, 0.6) is 0 Å². The van der Waals surface area contributed by atoms with Crippen LogP contribution in [0.1, 0.15) is 38.3 Å². The van der Waals surface area contributed by atoms with E-state index in [0.717, 1.165) is 29.7 Å². The maximum Gasteiger partial charge on any atom is 0.321 e. The van der Waals surface area contributed by atoms with Crippen molar-refractivity contribution in [1.82, 2.24) is 9.55 Å². The lowest BCUT2D eigenvalue weighted by Gasteiger charge is -2.35. The quantitative estimate of drug-likeness (QED) is 0.613. The van der Waals surface area contributed by atoms with Crippen LogP contribution in [-0.4, -0.2) is 27.4 Å². The number of carbonyl (C=O) groups is 1. The van der Waals surface area contributed by atoms with E-state index >= 15 is 0 Å². The summed E-state index contributed by atoms with van der Waals surface area (Å²) in [4.78, 5) is 30.4. The van der Waals surface area contributed by atoms with Crippen LogP contribution in [-0.2, 0) is 27.9 Å². The van der Waals surface area contributed by atoms with E-state index in [1.165, 1.54) is 17.3 Å². The molecular weight excluding hydrogens is 348 g/mol. The molecule has 136 valence electrons. The summed E-state index contributed by atoms with van der Waals surface area (Å²) in [5, 5.41) is 0.212. The summed E-state index contributed by atoms with van der Waals surface area (Å²) in [6.07, 6.45) is 1.69. The number of hydrogen-bond donors (Lipinski definition) is 0. The van der Waals surface area contributed by atoms with Gasteiger partial charge in [0.25, 0.3) is 5.56 Å². The number of carbonyl (C=O) groups excluding carboxylic acids is 1. The monoisotopic (exact) mass is 370 g/mol. The van der Waals surface area contributed by atoms with E-state index in [9.17, 15) is 9.59 Å². The van der Waals surface area contributed by atoms with Crippen molar-refractivity contribution in [2.24, 2.45) is 0 Å². The zero-order chi connectivity index (χ0) is 18.5. The van der Waals surface area contributed by atoms with Gasteiger partial charge in [0.05, 0.1) is 24.4 Å². The summed E-state index contributed by atoms with van der Waals surface area (Å²) >= 11 is 1.33. The van der Waals surface area contributed by atoms with Crippen molar-refractivity contribution in [3.63, 3.8) is 0 Å². The number of benzene rings is 1. The molecule has 2 aliphatic rings. The van der Waals surface area contributed by atoms with Gasteiger partial charge in [-0.25, -0.2) is 4.98 Å². The Kier molecular flexibility index (Phi) is 4.18. The van der Waals surface area contributed by atoms with Crippen LogP contribution in [0, 0.1) is 0 Å². The Morgan fingerprint density at radius 2 is 2.15 bits per heavy atom. The molecule has 2 atom stereocenters. The Labute approximate surface area is 156 Å². The van der Waals surface area contributed by atoms with Gasteiger partial charge in [-0.3, -0.25) is 14.2 Å². The number of fused-ring (bicyclic) bond motifs is 4. The highest BCUT2D eigenvalue weighted by Crippen LogP contribution is 2.44. The van der Waals surface area contributed by atoms with Gasteiger partial charge in [-0.1, -0.05) is 49.9 Å². The fourth-order valence-electron chi connectivity index (χ4n) is 3.93. The minimum Gasteiger partial charge on any atom is -0.465 e. The lowest BCUT2D eigenvalue weighted by Crippen LogP contribution is -2.39. The molecule has 0 amide bonds. The van der Waals surface area contributed by atoms with Gasteiger partial charge < -0.3 is 4.74 Å². The van der Waals surface area contributed by atoms with Crippen molar-refractivity contribution in [3.05, 3.63) is 45.7 Å². The first-order valence-corrected chi connectivity index (χ1v) is 9.93. The SMILES string of the molecule is CCOC(=O)[C@H]1Cn2c(nc3c(c2=O)[C@](C)(CC)Cc2ccccc2-3)S1. The Morgan fingerprint density at radius 3 is 2.88 bits per heavy atom. The zero-order valence-electron chi connectivity index (χ0n) is 15.2. The van der Waals surface area contributed by atoms with Crippen LogP contribution >= 0.6 is 11.8 Å². The molecular formula is C20H22N2O3S. The molecule has 5 nitrogen and oxygen atoms in total. The molecule has 2 heterocycles. The van der Waals surface area contributed by atoms with E-state index in [1.54, 1.807) is 11.5 Å². The van der Waals surface area contributed by atoms with Crippen LogP contribution in [0.15, 0.2) is 34.2 Å². The Morgan fingerprint density at radius 1 is 1.38 bits per heavy atom. The summed E-state index contributed by atoms with van der Waals surface area (Å²) in [5.41, 5.74) is 3.57. The smallest absolute Gasteiger partial charge is 0.321 e. The third kappa shape index (κ3) is 2.50. The average molecular weight is 370 g/mol. The second kappa shape index (κ2) is 6.27. The largest absolute Gasteiger partial charge is 0.465 e. The highest BCUT2D eigenvalue weighted by molar-refractivity contribution is 8.00. The summed E-state index contributed by atoms with van der Waals surface area (Å²) in [7, 11) is 0. The van der Waals surface area contributed by atoms with E-state index in [-0.39, 0.29) is 16.9 Å². The number of rotatable bonds is 3. The highest BCUT2D eigenvalue weighted by atomic mass is 32.2. The maximum absolute atomic E-state index is 13.4. The molecule has 0 saturated heterocycles. The lowest BCUT2D eigenvalue weighted by molar-refractivity contribution is -0.142. The molecule has 1 aromatic heterocycles. The highest BCUT2D eigenvalue weighted by Gasteiger charge is 2.41. The second-order valence-electron chi connectivity index (χ2n) is 7.14. The zero-order valence-corrected chi connectivity index (χ0v) is 16.1. The van der Waals surface area contributed by atoms with Gasteiger partial charge in [-0.05, 0) is 25.3 Å². The standard InChI is InChI=1S/C20H22N2O3S/c1-4-20(3)10-12-8-6-7-9-13(12)16-15(20)17(23)22-11-14(18(24)25-5-2)26-19(22)21-16/h6-9,14H,4-5,10-11H2,1-3H3/t14-,20-/m1/s1. The molecule has 1 aliphatic heterocycles. The first-order valence-electron chi connectivity index (χ1n) is 9.05. The summed E-state index contributed by atoms with van der Waals surface area (Å²) in [6.45, 7) is 6.72. The third-order valence-electron chi connectivity index (χ3n) is 5.52. The fourth-order valence-corrected chi connectivity index (χ4v) is 5.00. The number of thioether (sulfide) groups is 1. The van der Waals surface area contributed by atoms with Crippen LogP contribution in [0.4, 0.5) is 0 Å². The number of nitrogens with zero attached hydrogens (tertiary/aromatic N) is 2. The first-order chi connectivity index (χ1) is 12.5. The number of ether oxygens (including phenoxy) is 1. The van der Waals surface area contributed by atoms with E-state index in [2.05, 4.69) is 19.9 Å². The molecule has 6 heteroatoms. The Balaban J connectivity index is 1.89. The predicted octanol–water partition coefficient (Wildman–Crippen LogP) is 3.17. The van der Waals surface area contributed by atoms with Gasteiger partial charge in [0.2, 0.25) is 0 Å². The van der Waals surface area contributed by atoms with Crippen molar-refractivity contribution < 1.29 is 9.53 Å². The third-order valence-corrected chi connectivity index (χ3v) is 6.67. The van der Waals surface area contributed by atoms with Crippen LogP contribution in [0.25, 0.3) is 11.3 Å². The molecule has 0 saturated carbocycles. The van der Waals surface area contributed by atoms with E-state index in [4.69, 9.17) is 9.72 Å². The van der Waals surface area contributed by atoms with Crippen molar-refractivity contribution in [2.45, 2.75) is 56.0 Å². The summed E-state index contributed by atoms with van der Waals surface area (Å²) in [6, 6.07) is 8.17. The number of aromatic nitrogens is 2. The molecule has 0 radical (unpaired) electrons. The molecule has 0 N–H and O–H groups in total. The van der Waals surface area contributed by atoms with Crippen LogP contribution < -0.4 is 5.56 Å². The normalized spacial score (nSPS) is 23.1. The van der Waals surface area contributed by atoms with Gasteiger partial charge >= 0.3 is 5.97 Å². The van der Waals surface area contributed by atoms with Gasteiger partial charge in [0.15, 0.2) is 5.16 Å². The van der Waals surface area contributed by atoms with E-state index in [0.29, 0.717) is 18.3 Å². The van der Waals surface area contributed by atoms with Gasteiger partial charge in [-0.2, -0.15) is 0 Å². The molecule has 0 bridgehead atoms. The van der Waals surface area contributed by atoms with Crippen LogP contribution in [0.2, 0.25) is 0 Å². The van der Waals surface area contributed by atoms with Crippen molar-refractivity contribution in [3.8, 4) is 11.3 Å². The molecule has 4 rings (SSSR count). The summed E-state index contributed by atoms with van der Waals surface area (Å²) in [5.74, 6) is -0.279. The van der Waals surface area contributed by atoms with Crippen molar-refractivity contribution in [2.75, 3.05) is 6.61 Å². The second-order valence-corrected chi connectivity index (χ2v) is 8.31. The number of hydrogen-bond acceptors (Lipinski definition) is 5. The topological polar surface area (TPSA) is 61.2 Å². The molecule has 0 unspecified atom stereocenters. The van der Waals surface area contributed by atoms with E-state index < -0.39 is 5.25 Å². The van der Waals surface area contributed by atoms with Crippen molar-refractivity contribution >= 4 is 17.7 Å². The van der Waals surface area contributed by atoms with E-state index in [1.807, 2.05) is 18.2 Å². The Bertz CT molecular complexity index is 953. The molecule has 2 aromatic rings. The van der Waals surface area contributed by atoms with Crippen molar-refractivity contribution in [1.29, 1.82) is 0 Å². The first kappa shape index (κ1) is 17.3. The maximum atomic E-state index is 13.4. The van der Waals surface area contributed by atoms with Gasteiger partial charge in [-0.15, -0.1) is 0 Å². The van der Waals surface area contributed by atoms with Gasteiger partial charge in [0, 0.05) is 11.0 Å². The molecule has 0 spiro atoms. The minimum atomic E-state index is -0.401. The van der Waals surface area contributed by atoms with Crippen LogP contribution in [0.3, 0.4) is 0 Å². The minimum absolute atomic E-state index is 0.0110.